The van der Waals surface area contributed by atoms with Crippen LogP contribution in [0.2, 0.25) is 0 Å². The van der Waals surface area contributed by atoms with Crippen molar-refractivity contribution >= 4 is 39.0 Å². The number of aliphatic hydroxyl groups excluding tert-OH is 5. The Morgan fingerprint density at radius 1 is 1.17 bits per heavy atom. The van der Waals surface area contributed by atoms with Gasteiger partial charge in [-0.2, -0.15) is 4.79 Å². The SMILES string of the molecule is O=C=[N+](CCCCC1CCSS1)c1cccc(NCC(O)C(O)C(O)C(O)CO)c1. The molecule has 1 aliphatic rings. The zero-order valence-corrected chi connectivity index (χ0v) is 18.4. The summed E-state index contributed by atoms with van der Waals surface area (Å²) in [5, 5.41) is 51.4. The van der Waals surface area contributed by atoms with Crippen LogP contribution in [0, 0.1) is 0 Å². The molecule has 1 fully saturated rings. The lowest BCUT2D eigenvalue weighted by Gasteiger charge is -2.25. The van der Waals surface area contributed by atoms with Gasteiger partial charge in [-0.15, -0.1) is 4.58 Å². The van der Waals surface area contributed by atoms with Crippen LogP contribution in [0.1, 0.15) is 25.7 Å². The fourth-order valence-corrected chi connectivity index (χ4v) is 6.15. The Balaban J connectivity index is 1.84. The van der Waals surface area contributed by atoms with E-state index in [2.05, 4.69) is 5.32 Å². The lowest BCUT2D eigenvalue weighted by Crippen LogP contribution is -2.48. The van der Waals surface area contributed by atoms with Crippen molar-refractivity contribution in [1.82, 2.24) is 0 Å². The molecule has 0 saturated carbocycles. The third-order valence-corrected chi connectivity index (χ3v) is 8.00. The molecule has 5 unspecified atom stereocenters. The van der Waals surface area contributed by atoms with Gasteiger partial charge in [0.15, 0.2) is 6.54 Å². The topological polar surface area (TPSA) is 133 Å². The van der Waals surface area contributed by atoms with Gasteiger partial charge in [-0.25, -0.2) is 0 Å². The Bertz CT molecular complexity index is 698. The van der Waals surface area contributed by atoms with Crippen LogP contribution in [0.5, 0.6) is 0 Å². The molecule has 8 nitrogen and oxygen atoms in total. The summed E-state index contributed by atoms with van der Waals surface area (Å²) < 4.78 is 1.52. The summed E-state index contributed by atoms with van der Waals surface area (Å²) in [5.74, 6) is 1.22. The Labute approximate surface area is 184 Å². The highest BCUT2D eigenvalue weighted by molar-refractivity contribution is 8.77. The number of rotatable bonds is 13. The van der Waals surface area contributed by atoms with E-state index in [0.717, 1.165) is 24.5 Å². The molecule has 1 aliphatic heterocycles. The molecule has 0 aliphatic carbocycles. The number of anilines is 1. The third-order valence-electron chi connectivity index (χ3n) is 4.99. The van der Waals surface area contributed by atoms with Gasteiger partial charge in [0.2, 0.25) is 5.69 Å². The van der Waals surface area contributed by atoms with E-state index >= 15 is 0 Å². The van der Waals surface area contributed by atoms with Crippen LogP contribution in [0.4, 0.5) is 11.4 Å². The summed E-state index contributed by atoms with van der Waals surface area (Å²) in [4.78, 5) is 11.4. The number of hydrogen-bond donors (Lipinski definition) is 6. The molecule has 1 heterocycles. The predicted molar refractivity (Wildman–Crippen MR) is 119 cm³/mol. The first-order chi connectivity index (χ1) is 14.5. The minimum absolute atomic E-state index is 0.0955. The van der Waals surface area contributed by atoms with Gasteiger partial charge >= 0.3 is 6.08 Å². The molecule has 2 rings (SSSR count). The van der Waals surface area contributed by atoms with Crippen LogP contribution in [0.3, 0.4) is 0 Å². The second kappa shape index (κ2) is 13.3. The summed E-state index contributed by atoms with van der Waals surface area (Å²) in [6, 6.07) is 7.06. The number of isocyanates is 1. The number of nitrogens with zero attached hydrogens (tertiary/aromatic N) is 1. The van der Waals surface area contributed by atoms with Crippen molar-refractivity contribution in [2.24, 2.45) is 0 Å². The lowest BCUT2D eigenvalue weighted by atomic mass is 10.0. The molecule has 30 heavy (non-hydrogen) atoms. The predicted octanol–water partition coefficient (Wildman–Crippen LogP) is 0.838. The van der Waals surface area contributed by atoms with Crippen molar-refractivity contribution in [2.45, 2.75) is 55.3 Å². The van der Waals surface area contributed by atoms with E-state index in [0.29, 0.717) is 17.9 Å². The molecule has 168 valence electrons. The fourth-order valence-electron chi connectivity index (χ4n) is 3.12. The minimum atomic E-state index is -1.67. The maximum absolute atomic E-state index is 11.4. The van der Waals surface area contributed by atoms with Crippen LogP contribution in [0.25, 0.3) is 0 Å². The second-order valence-corrected chi connectivity index (χ2v) is 10.1. The summed E-state index contributed by atoms with van der Waals surface area (Å²) >= 11 is 0. The molecule has 0 spiro atoms. The van der Waals surface area contributed by atoms with Crippen molar-refractivity contribution in [3.8, 4) is 0 Å². The summed E-state index contributed by atoms with van der Waals surface area (Å²) in [6.07, 6.45) is 0.117. The molecule has 6 N–H and O–H groups in total. The zero-order valence-electron chi connectivity index (χ0n) is 16.8. The van der Waals surface area contributed by atoms with Gasteiger partial charge in [-0.1, -0.05) is 27.7 Å². The number of benzene rings is 1. The van der Waals surface area contributed by atoms with Gasteiger partial charge in [0.05, 0.1) is 12.7 Å². The average Bonchev–Trinajstić information content (AvgIpc) is 3.29. The first kappa shape index (κ1) is 25.2. The first-order valence-electron chi connectivity index (χ1n) is 10.1. The van der Waals surface area contributed by atoms with Crippen LogP contribution in [0.15, 0.2) is 24.3 Å². The molecule has 0 amide bonds. The van der Waals surface area contributed by atoms with Crippen molar-refractivity contribution in [3.05, 3.63) is 24.3 Å². The van der Waals surface area contributed by atoms with Crippen molar-refractivity contribution in [2.75, 3.05) is 30.8 Å². The third kappa shape index (κ3) is 7.86. The number of carbonyl (C=O) groups excluding carboxylic acids is 1. The molecule has 0 aromatic heterocycles. The van der Waals surface area contributed by atoms with Gasteiger partial charge in [0.1, 0.15) is 18.3 Å². The second-order valence-electron chi connectivity index (χ2n) is 7.30. The monoisotopic (exact) mass is 459 g/mol. The number of unbranched alkanes of at least 4 members (excludes halogenated alkanes) is 1. The van der Waals surface area contributed by atoms with Crippen LogP contribution in [-0.4, -0.2) is 91.3 Å². The maximum Gasteiger partial charge on any atom is 0.430 e. The van der Waals surface area contributed by atoms with E-state index in [1.54, 1.807) is 24.3 Å². The summed E-state index contributed by atoms with van der Waals surface area (Å²) in [7, 11) is 3.88. The van der Waals surface area contributed by atoms with Gasteiger partial charge in [-0.3, -0.25) is 0 Å². The van der Waals surface area contributed by atoms with E-state index in [-0.39, 0.29) is 6.54 Å². The Kier molecular flexibility index (Phi) is 11.2. The number of hydrogen-bond acceptors (Lipinski definition) is 9. The number of aliphatic hydroxyl groups is 5. The summed E-state index contributed by atoms with van der Waals surface area (Å²) in [5.41, 5.74) is 1.29. The summed E-state index contributed by atoms with van der Waals surface area (Å²) in [6.45, 7) is -0.247. The highest BCUT2D eigenvalue weighted by atomic mass is 33.1. The normalized spacial score (nSPS) is 20.2. The zero-order chi connectivity index (χ0) is 21.9. The van der Waals surface area contributed by atoms with Crippen molar-refractivity contribution in [1.29, 1.82) is 0 Å². The fraction of sp³-hybridized carbons (Fsp3) is 0.650. The van der Waals surface area contributed by atoms with E-state index in [4.69, 9.17) is 5.11 Å². The highest BCUT2D eigenvalue weighted by Gasteiger charge is 2.29. The van der Waals surface area contributed by atoms with E-state index in [9.17, 15) is 25.2 Å². The minimum Gasteiger partial charge on any atom is -0.394 e. The smallest absolute Gasteiger partial charge is 0.394 e. The van der Waals surface area contributed by atoms with Gasteiger partial charge in [-0.05, 0) is 25.3 Å². The molecular formula is C20H31N2O6S2+. The molecule has 0 radical (unpaired) electrons. The highest BCUT2D eigenvalue weighted by Crippen LogP contribution is 2.39. The Morgan fingerprint density at radius 2 is 1.93 bits per heavy atom. The lowest BCUT2D eigenvalue weighted by molar-refractivity contribution is -0.438. The Hall–Kier alpha value is -1.10. The average molecular weight is 460 g/mol. The van der Waals surface area contributed by atoms with Gasteiger partial charge < -0.3 is 30.8 Å². The van der Waals surface area contributed by atoms with Gasteiger partial charge in [0, 0.05) is 41.8 Å². The van der Waals surface area contributed by atoms with Crippen LogP contribution >= 0.6 is 21.6 Å². The van der Waals surface area contributed by atoms with E-state index in [1.165, 1.54) is 16.7 Å². The standard InChI is InChI=1S/C20H31N2O6S2/c23-12-18(26)20(28)19(27)17(25)11-21-14-4-3-5-15(10-14)22(13-24)8-2-1-6-16-7-9-29-30-16/h3-5,10,16-21,23,25-28H,1-2,6-9,11-12H2/q+1. The molecule has 1 aromatic rings. The Morgan fingerprint density at radius 3 is 2.60 bits per heavy atom. The quantitative estimate of drug-likeness (QED) is 0.0834. The molecule has 1 aromatic carbocycles. The first-order valence-corrected chi connectivity index (χ1v) is 12.4. The van der Waals surface area contributed by atoms with Crippen LogP contribution in [-0.2, 0) is 4.79 Å². The van der Waals surface area contributed by atoms with Crippen LogP contribution < -0.4 is 5.32 Å². The largest absolute Gasteiger partial charge is 0.430 e. The van der Waals surface area contributed by atoms with E-state index in [1.807, 2.05) is 27.7 Å². The number of nitrogens with one attached hydrogen (secondary N) is 1. The molecule has 1 saturated heterocycles. The molecule has 10 heteroatoms. The maximum atomic E-state index is 11.4. The van der Waals surface area contributed by atoms with Crippen molar-refractivity contribution < 1.29 is 34.9 Å². The molecular weight excluding hydrogens is 428 g/mol. The van der Waals surface area contributed by atoms with Gasteiger partial charge in [0.25, 0.3) is 0 Å². The molecule has 5 atom stereocenters. The van der Waals surface area contributed by atoms with Crippen molar-refractivity contribution in [3.63, 3.8) is 0 Å². The van der Waals surface area contributed by atoms with E-state index < -0.39 is 31.0 Å². The molecule has 0 bridgehead atoms.